The van der Waals surface area contributed by atoms with Crippen LogP contribution in [0.1, 0.15) is 51.9 Å². The largest absolute Gasteiger partial charge is 0.392 e. The van der Waals surface area contributed by atoms with E-state index in [-0.39, 0.29) is 5.92 Å². The summed E-state index contributed by atoms with van der Waals surface area (Å²) in [4.78, 5) is 10.5. The van der Waals surface area contributed by atoms with Crippen LogP contribution in [0.2, 0.25) is 0 Å². The molecule has 0 saturated carbocycles. The summed E-state index contributed by atoms with van der Waals surface area (Å²) in [6.07, 6.45) is 8.15. The molecule has 1 radical (unpaired) electrons. The molecule has 2 unspecified atom stereocenters. The molecule has 1 N–H and O–H groups in total. The zero-order valence-corrected chi connectivity index (χ0v) is 9.24. The molecule has 2 nitrogen and oxygen atoms in total. The minimum atomic E-state index is -0.733. The van der Waals surface area contributed by atoms with Crippen molar-refractivity contribution in [2.45, 2.75) is 58.0 Å². The van der Waals surface area contributed by atoms with Crippen LogP contribution in [0.5, 0.6) is 0 Å². The normalized spacial score (nSPS) is 15.1. The summed E-state index contributed by atoms with van der Waals surface area (Å²) >= 11 is 0. The van der Waals surface area contributed by atoms with Gasteiger partial charge in [-0.2, -0.15) is 0 Å². The van der Waals surface area contributed by atoms with Crippen LogP contribution < -0.4 is 0 Å². The summed E-state index contributed by atoms with van der Waals surface area (Å²) in [5, 5.41) is 9.11. The predicted molar refractivity (Wildman–Crippen MR) is 58.9 cm³/mol. The monoisotopic (exact) mass is 199 g/mol. The van der Waals surface area contributed by atoms with Gasteiger partial charge in [-0.15, -0.1) is 0 Å². The second kappa shape index (κ2) is 9.20. The van der Waals surface area contributed by atoms with Crippen LogP contribution in [0.25, 0.3) is 0 Å². The quantitative estimate of drug-likeness (QED) is 0.458. The van der Waals surface area contributed by atoms with Crippen LogP contribution >= 0.6 is 0 Å². The first-order chi connectivity index (χ1) is 6.72. The van der Waals surface area contributed by atoms with Gasteiger partial charge < -0.3 is 9.90 Å². The Hall–Kier alpha value is -0.370. The first kappa shape index (κ1) is 13.6. The number of hydrogen-bond acceptors (Lipinski definition) is 2. The van der Waals surface area contributed by atoms with Crippen LogP contribution in [-0.4, -0.2) is 17.5 Å². The summed E-state index contributed by atoms with van der Waals surface area (Å²) in [5.74, 6) is -0.263. The Morgan fingerprint density at radius 2 is 1.79 bits per heavy atom. The number of unbranched alkanes of at least 4 members (excludes halogenated alkanes) is 5. The van der Waals surface area contributed by atoms with Crippen LogP contribution in [0, 0.1) is 12.8 Å². The van der Waals surface area contributed by atoms with Crippen molar-refractivity contribution >= 4 is 6.29 Å². The zero-order valence-electron chi connectivity index (χ0n) is 9.24. The fourth-order valence-corrected chi connectivity index (χ4v) is 1.51. The molecule has 0 amide bonds. The lowest BCUT2D eigenvalue weighted by Crippen LogP contribution is -2.18. The number of carbonyl (C=O) groups excluding carboxylic acids is 1. The van der Waals surface area contributed by atoms with Gasteiger partial charge in [0.2, 0.25) is 0 Å². The van der Waals surface area contributed by atoms with Gasteiger partial charge in [-0.25, -0.2) is 0 Å². The summed E-state index contributed by atoms with van der Waals surface area (Å²) in [7, 11) is 0. The predicted octanol–water partition coefficient (Wildman–Crippen LogP) is 2.75. The number of hydrogen-bond donors (Lipinski definition) is 1. The molecule has 0 saturated heterocycles. The van der Waals surface area contributed by atoms with E-state index >= 15 is 0 Å². The Morgan fingerprint density at radius 1 is 1.21 bits per heavy atom. The average molecular weight is 199 g/mol. The van der Waals surface area contributed by atoms with E-state index in [0.717, 1.165) is 25.5 Å². The van der Waals surface area contributed by atoms with E-state index in [2.05, 4.69) is 13.8 Å². The van der Waals surface area contributed by atoms with E-state index in [1.54, 1.807) is 0 Å². The highest BCUT2D eigenvalue weighted by Gasteiger charge is 2.12. The van der Waals surface area contributed by atoms with Gasteiger partial charge in [0.25, 0.3) is 0 Å². The molecule has 0 aliphatic carbocycles. The minimum absolute atomic E-state index is 0.263. The summed E-state index contributed by atoms with van der Waals surface area (Å²) in [6.45, 7) is 5.66. The van der Waals surface area contributed by atoms with Gasteiger partial charge >= 0.3 is 0 Å². The summed E-state index contributed by atoms with van der Waals surface area (Å²) in [6, 6.07) is 0. The lowest BCUT2D eigenvalue weighted by molar-refractivity contribution is -0.113. The molecule has 2 heteroatoms. The van der Waals surface area contributed by atoms with Crippen LogP contribution in [-0.2, 0) is 4.79 Å². The molecule has 83 valence electrons. The topological polar surface area (TPSA) is 37.3 Å². The van der Waals surface area contributed by atoms with E-state index in [9.17, 15) is 4.79 Å². The molecule has 0 aliphatic rings. The van der Waals surface area contributed by atoms with Crippen molar-refractivity contribution in [2.24, 2.45) is 5.92 Å². The Balaban J connectivity index is 3.29. The molecule has 0 aromatic carbocycles. The maximum absolute atomic E-state index is 10.5. The number of aldehydes is 1. The third-order valence-corrected chi connectivity index (χ3v) is 2.56. The first-order valence-electron chi connectivity index (χ1n) is 5.68. The van der Waals surface area contributed by atoms with Crippen molar-refractivity contribution in [3.05, 3.63) is 6.92 Å². The van der Waals surface area contributed by atoms with Crippen molar-refractivity contribution < 1.29 is 9.90 Å². The zero-order chi connectivity index (χ0) is 10.8. The molecule has 2 atom stereocenters. The van der Waals surface area contributed by atoms with Crippen molar-refractivity contribution in [1.82, 2.24) is 0 Å². The molecule has 14 heavy (non-hydrogen) atoms. The molecule has 0 aliphatic heterocycles. The van der Waals surface area contributed by atoms with Crippen molar-refractivity contribution in [2.75, 3.05) is 0 Å². The second-order valence-corrected chi connectivity index (χ2v) is 3.92. The van der Waals surface area contributed by atoms with Gasteiger partial charge in [0, 0.05) is 5.92 Å². The van der Waals surface area contributed by atoms with Gasteiger partial charge in [-0.3, -0.25) is 0 Å². The molecule has 0 heterocycles. The third-order valence-electron chi connectivity index (χ3n) is 2.56. The van der Waals surface area contributed by atoms with Crippen molar-refractivity contribution in [3.63, 3.8) is 0 Å². The van der Waals surface area contributed by atoms with Crippen LogP contribution in [0.15, 0.2) is 0 Å². The van der Waals surface area contributed by atoms with Crippen molar-refractivity contribution in [1.29, 1.82) is 0 Å². The molecular formula is C12H23O2. The van der Waals surface area contributed by atoms with Gasteiger partial charge in [0.05, 0.1) is 6.10 Å². The SMILES string of the molecule is [CH2]C(O)C(C=O)CCCCCCCC. The number of rotatable bonds is 9. The Kier molecular flexibility index (Phi) is 8.95. The van der Waals surface area contributed by atoms with Gasteiger partial charge in [0.15, 0.2) is 0 Å². The van der Waals surface area contributed by atoms with E-state index in [4.69, 9.17) is 5.11 Å². The molecular weight excluding hydrogens is 176 g/mol. The highest BCUT2D eigenvalue weighted by molar-refractivity contribution is 5.54. The fourth-order valence-electron chi connectivity index (χ4n) is 1.51. The van der Waals surface area contributed by atoms with Crippen LogP contribution in [0.3, 0.4) is 0 Å². The van der Waals surface area contributed by atoms with E-state index < -0.39 is 6.10 Å². The standard InChI is InChI=1S/C12H23O2/c1-3-4-5-6-7-8-9-12(10-13)11(2)14/h10-12,14H,2-9H2,1H3. The Morgan fingerprint density at radius 3 is 2.29 bits per heavy atom. The second-order valence-electron chi connectivity index (χ2n) is 3.92. The average Bonchev–Trinajstić information content (AvgIpc) is 2.16. The van der Waals surface area contributed by atoms with Crippen molar-refractivity contribution in [3.8, 4) is 0 Å². The number of aliphatic hydroxyl groups excluding tert-OH is 1. The highest BCUT2D eigenvalue weighted by Crippen LogP contribution is 2.13. The summed E-state index contributed by atoms with van der Waals surface area (Å²) < 4.78 is 0. The maximum atomic E-state index is 10.5. The Labute approximate surface area is 87.7 Å². The minimum Gasteiger partial charge on any atom is -0.392 e. The molecule has 0 fully saturated rings. The Bertz CT molecular complexity index is 132. The fraction of sp³-hybridized carbons (Fsp3) is 0.833. The lowest BCUT2D eigenvalue weighted by atomic mass is 9.97. The third kappa shape index (κ3) is 7.07. The molecule has 0 rings (SSSR count). The van der Waals surface area contributed by atoms with Gasteiger partial charge in [-0.1, -0.05) is 45.4 Å². The van der Waals surface area contributed by atoms with Gasteiger partial charge in [-0.05, 0) is 13.3 Å². The number of aliphatic hydroxyl groups is 1. The summed E-state index contributed by atoms with van der Waals surface area (Å²) in [5.41, 5.74) is 0. The van der Waals surface area contributed by atoms with Crippen LogP contribution in [0.4, 0.5) is 0 Å². The smallest absolute Gasteiger partial charge is 0.125 e. The van der Waals surface area contributed by atoms with E-state index in [1.165, 1.54) is 25.7 Å². The van der Waals surface area contributed by atoms with Gasteiger partial charge in [0.1, 0.15) is 6.29 Å². The molecule has 0 aromatic rings. The molecule has 0 aromatic heterocycles. The molecule has 0 bridgehead atoms. The number of carbonyl (C=O) groups is 1. The van der Waals surface area contributed by atoms with E-state index in [0.29, 0.717) is 0 Å². The lowest BCUT2D eigenvalue weighted by Gasteiger charge is -2.12. The molecule has 0 spiro atoms. The maximum Gasteiger partial charge on any atom is 0.125 e. The van der Waals surface area contributed by atoms with E-state index in [1.807, 2.05) is 0 Å². The highest BCUT2D eigenvalue weighted by atomic mass is 16.3. The first-order valence-corrected chi connectivity index (χ1v) is 5.68.